The van der Waals surface area contributed by atoms with Crippen molar-refractivity contribution >= 4 is 12.6 Å². The standard InChI is InChI=1S/C5H9N3S/c1-2-5(9)4-3-6-8-7-4/h3,5,9H,2H2,1H3,(H,6,7,8). The molecule has 0 aliphatic rings. The zero-order valence-corrected chi connectivity index (χ0v) is 6.10. The van der Waals surface area contributed by atoms with Gasteiger partial charge in [-0.2, -0.15) is 28.0 Å². The Labute approximate surface area is 59.3 Å². The van der Waals surface area contributed by atoms with Crippen molar-refractivity contribution in [2.24, 2.45) is 0 Å². The van der Waals surface area contributed by atoms with Crippen molar-refractivity contribution < 1.29 is 0 Å². The monoisotopic (exact) mass is 143 g/mol. The van der Waals surface area contributed by atoms with Gasteiger partial charge in [0, 0.05) is 5.25 Å². The van der Waals surface area contributed by atoms with Crippen LogP contribution in [-0.4, -0.2) is 15.4 Å². The zero-order chi connectivity index (χ0) is 6.69. The SMILES string of the molecule is CCC(S)c1cn[nH]n1. The predicted octanol–water partition coefficient (Wildman–Crippen LogP) is 1.19. The van der Waals surface area contributed by atoms with Crippen molar-refractivity contribution in [3.8, 4) is 0 Å². The van der Waals surface area contributed by atoms with E-state index in [0.29, 0.717) is 0 Å². The van der Waals surface area contributed by atoms with Crippen LogP contribution in [0.15, 0.2) is 6.20 Å². The predicted molar refractivity (Wildman–Crippen MR) is 38.4 cm³/mol. The summed E-state index contributed by atoms with van der Waals surface area (Å²) >= 11 is 4.26. The molecule has 1 aromatic heterocycles. The average Bonchev–Trinajstić information content (AvgIpc) is 2.37. The first-order valence-corrected chi connectivity index (χ1v) is 3.40. The van der Waals surface area contributed by atoms with E-state index >= 15 is 0 Å². The highest BCUT2D eigenvalue weighted by Crippen LogP contribution is 2.18. The van der Waals surface area contributed by atoms with Crippen molar-refractivity contribution in [3.63, 3.8) is 0 Å². The lowest BCUT2D eigenvalue weighted by Gasteiger charge is -1.98. The molecule has 0 spiro atoms. The number of rotatable bonds is 2. The second-order valence-electron chi connectivity index (χ2n) is 1.82. The van der Waals surface area contributed by atoms with E-state index in [0.717, 1.165) is 12.1 Å². The Kier molecular flexibility index (Phi) is 2.10. The highest BCUT2D eigenvalue weighted by Gasteiger charge is 2.04. The summed E-state index contributed by atoms with van der Waals surface area (Å²) in [6.07, 6.45) is 2.68. The normalized spacial score (nSPS) is 13.6. The summed E-state index contributed by atoms with van der Waals surface area (Å²) in [5.41, 5.74) is 0.917. The molecule has 1 aromatic rings. The minimum atomic E-state index is 0.226. The fourth-order valence-electron chi connectivity index (χ4n) is 0.580. The molecule has 0 bridgehead atoms. The Hall–Kier alpha value is -0.510. The van der Waals surface area contributed by atoms with Crippen LogP contribution in [0, 0.1) is 0 Å². The molecule has 0 aromatic carbocycles. The van der Waals surface area contributed by atoms with Crippen LogP contribution in [0.2, 0.25) is 0 Å². The summed E-state index contributed by atoms with van der Waals surface area (Å²) in [7, 11) is 0. The fourth-order valence-corrected chi connectivity index (χ4v) is 0.705. The summed E-state index contributed by atoms with van der Waals surface area (Å²) in [6, 6.07) is 0. The smallest absolute Gasteiger partial charge is 0.0951 e. The van der Waals surface area contributed by atoms with Gasteiger partial charge in [0.15, 0.2) is 0 Å². The first-order valence-electron chi connectivity index (χ1n) is 2.88. The molecule has 9 heavy (non-hydrogen) atoms. The third-order valence-corrected chi connectivity index (χ3v) is 1.79. The molecule has 1 heterocycles. The number of hydrogen-bond acceptors (Lipinski definition) is 3. The van der Waals surface area contributed by atoms with Gasteiger partial charge in [-0.05, 0) is 6.42 Å². The van der Waals surface area contributed by atoms with Crippen LogP contribution in [0.25, 0.3) is 0 Å². The van der Waals surface area contributed by atoms with Gasteiger partial charge in [-0.15, -0.1) is 0 Å². The van der Waals surface area contributed by atoms with Crippen molar-refractivity contribution in [1.82, 2.24) is 15.4 Å². The maximum atomic E-state index is 4.26. The molecule has 0 saturated carbocycles. The Balaban J connectivity index is 2.65. The lowest BCUT2D eigenvalue weighted by atomic mass is 10.3. The molecule has 3 nitrogen and oxygen atoms in total. The van der Waals surface area contributed by atoms with E-state index in [4.69, 9.17) is 0 Å². The molecule has 4 heteroatoms. The Morgan fingerprint density at radius 2 is 2.67 bits per heavy atom. The lowest BCUT2D eigenvalue weighted by molar-refractivity contribution is 0.840. The van der Waals surface area contributed by atoms with Gasteiger partial charge in [-0.25, -0.2) is 0 Å². The number of hydrogen-bond donors (Lipinski definition) is 2. The number of H-pyrrole nitrogens is 1. The van der Waals surface area contributed by atoms with E-state index in [2.05, 4.69) is 35.0 Å². The largest absolute Gasteiger partial charge is 0.198 e. The van der Waals surface area contributed by atoms with E-state index in [-0.39, 0.29) is 5.25 Å². The molecule has 0 saturated heterocycles. The molecule has 1 rings (SSSR count). The zero-order valence-electron chi connectivity index (χ0n) is 5.20. The van der Waals surface area contributed by atoms with Crippen LogP contribution in [0.3, 0.4) is 0 Å². The molecular weight excluding hydrogens is 134 g/mol. The molecule has 0 fully saturated rings. The number of nitrogens with zero attached hydrogens (tertiary/aromatic N) is 2. The van der Waals surface area contributed by atoms with Crippen LogP contribution in [-0.2, 0) is 0 Å². The average molecular weight is 143 g/mol. The van der Waals surface area contributed by atoms with Crippen LogP contribution in [0.1, 0.15) is 24.3 Å². The van der Waals surface area contributed by atoms with Crippen LogP contribution in [0.5, 0.6) is 0 Å². The van der Waals surface area contributed by atoms with Crippen molar-refractivity contribution in [3.05, 3.63) is 11.9 Å². The van der Waals surface area contributed by atoms with Gasteiger partial charge in [0.05, 0.1) is 11.9 Å². The van der Waals surface area contributed by atoms with E-state index in [1.807, 2.05) is 0 Å². The molecule has 1 atom stereocenters. The first kappa shape index (κ1) is 6.61. The number of thiol groups is 1. The summed E-state index contributed by atoms with van der Waals surface area (Å²) in [5, 5.41) is 10.3. The second kappa shape index (κ2) is 2.87. The van der Waals surface area contributed by atoms with E-state index in [9.17, 15) is 0 Å². The highest BCUT2D eigenvalue weighted by atomic mass is 32.1. The molecule has 0 amide bonds. The summed E-state index contributed by atoms with van der Waals surface area (Å²) in [5.74, 6) is 0. The van der Waals surface area contributed by atoms with Crippen molar-refractivity contribution in [2.75, 3.05) is 0 Å². The molecule has 1 unspecified atom stereocenters. The number of aromatic nitrogens is 3. The van der Waals surface area contributed by atoms with E-state index in [1.165, 1.54) is 0 Å². The quantitative estimate of drug-likeness (QED) is 0.610. The maximum Gasteiger partial charge on any atom is 0.0951 e. The Morgan fingerprint density at radius 1 is 1.89 bits per heavy atom. The van der Waals surface area contributed by atoms with Gasteiger partial charge in [0.25, 0.3) is 0 Å². The molecule has 0 radical (unpaired) electrons. The number of nitrogens with one attached hydrogen (secondary N) is 1. The summed E-state index contributed by atoms with van der Waals surface area (Å²) in [6.45, 7) is 2.06. The van der Waals surface area contributed by atoms with Gasteiger partial charge in [-0.1, -0.05) is 6.92 Å². The fraction of sp³-hybridized carbons (Fsp3) is 0.600. The van der Waals surface area contributed by atoms with Gasteiger partial charge < -0.3 is 0 Å². The van der Waals surface area contributed by atoms with Crippen LogP contribution >= 0.6 is 12.6 Å². The summed E-state index contributed by atoms with van der Waals surface area (Å²) < 4.78 is 0. The van der Waals surface area contributed by atoms with Crippen molar-refractivity contribution in [1.29, 1.82) is 0 Å². The van der Waals surface area contributed by atoms with E-state index in [1.54, 1.807) is 6.20 Å². The lowest BCUT2D eigenvalue weighted by Crippen LogP contribution is -1.87. The molecule has 1 N–H and O–H groups in total. The Bertz CT molecular complexity index is 161. The summed E-state index contributed by atoms with van der Waals surface area (Å²) in [4.78, 5) is 0. The third-order valence-electron chi connectivity index (χ3n) is 1.16. The van der Waals surface area contributed by atoms with E-state index < -0.39 is 0 Å². The molecule has 50 valence electrons. The minimum Gasteiger partial charge on any atom is -0.198 e. The molecular formula is C5H9N3S. The topological polar surface area (TPSA) is 41.6 Å². The van der Waals surface area contributed by atoms with Crippen LogP contribution < -0.4 is 0 Å². The van der Waals surface area contributed by atoms with Crippen molar-refractivity contribution in [2.45, 2.75) is 18.6 Å². The third kappa shape index (κ3) is 1.45. The van der Waals surface area contributed by atoms with Gasteiger partial charge in [0.2, 0.25) is 0 Å². The van der Waals surface area contributed by atoms with Gasteiger partial charge in [-0.3, -0.25) is 0 Å². The van der Waals surface area contributed by atoms with Gasteiger partial charge >= 0.3 is 0 Å². The minimum absolute atomic E-state index is 0.226. The maximum absolute atomic E-state index is 4.26. The van der Waals surface area contributed by atoms with Crippen LogP contribution in [0.4, 0.5) is 0 Å². The first-order chi connectivity index (χ1) is 4.34. The number of aromatic amines is 1. The Morgan fingerprint density at radius 3 is 3.11 bits per heavy atom. The molecule has 0 aliphatic carbocycles. The highest BCUT2D eigenvalue weighted by molar-refractivity contribution is 7.80. The van der Waals surface area contributed by atoms with Gasteiger partial charge in [0.1, 0.15) is 0 Å². The molecule has 0 aliphatic heterocycles. The second-order valence-corrected chi connectivity index (χ2v) is 2.44.